The first kappa shape index (κ1) is 26.9. The van der Waals surface area contributed by atoms with Gasteiger partial charge in [-0.3, -0.25) is 4.79 Å². The third-order valence-electron chi connectivity index (χ3n) is 11.2. The number of hydrogen-bond acceptors (Lipinski definition) is 3. The molecule has 0 heterocycles. The summed E-state index contributed by atoms with van der Waals surface area (Å²) in [6.45, 7) is 4.74. The van der Waals surface area contributed by atoms with E-state index in [2.05, 4.69) is 37.4 Å². The van der Waals surface area contributed by atoms with Crippen LogP contribution >= 0.6 is 0 Å². The zero-order valence-corrected chi connectivity index (χ0v) is 23.9. The van der Waals surface area contributed by atoms with Gasteiger partial charge in [0, 0.05) is 11.5 Å². The second-order valence-corrected chi connectivity index (χ2v) is 13.0. The molecule has 7 atom stereocenters. The second-order valence-electron chi connectivity index (χ2n) is 13.0. The van der Waals surface area contributed by atoms with E-state index in [1.54, 1.807) is 7.11 Å². The molecular weight excluding hydrogens is 498 g/mol. The highest BCUT2D eigenvalue weighted by Crippen LogP contribution is 2.66. The van der Waals surface area contributed by atoms with Crippen molar-refractivity contribution >= 4 is 11.9 Å². The van der Waals surface area contributed by atoms with Crippen LogP contribution in [0, 0.1) is 34.5 Å². The van der Waals surface area contributed by atoms with Gasteiger partial charge in [-0.2, -0.15) is 0 Å². The molecule has 4 aliphatic carbocycles. The molecule has 40 heavy (non-hydrogen) atoms. The van der Waals surface area contributed by atoms with E-state index >= 15 is 0 Å². The summed E-state index contributed by atoms with van der Waals surface area (Å²) in [5, 5.41) is 13.0. The summed E-state index contributed by atoms with van der Waals surface area (Å²) in [6, 6.07) is 18.0. The summed E-state index contributed by atoms with van der Waals surface area (Å²) >= 11 is 0. The Labute approximate surface area is 237 Å². The molecule has 5 heteroatoms. The Kier molecular flexibility index (Phi) is 6.88. The van der Waals surface area contributed by atoms with E-state index in [-0.39, 0.29) is 28.7 Å². The number of hydrogen-bond donors (Lipinski definition) is 2. The fourth-order valence-corrected chi connectivity index (χ4v) is 8.97. The molecule has 0 aromatic heterocycles. The molecule has 4 aliphatic rings. The van der Waals surface area contributed by atoms with E-state index in [0.717, 1.165) is 55.4 Å². The maximum atomic E-state index is 14.1. The van der Waals surface area contributed by atoms with Gasteiger partial charge < -0.3 is 15.2 Å². The number of carbonyl (C=O) groups excluding carboxylic acids is 1. The van der Waals surface area contributed by atoms with Gasteiger partial charge in [0.2, 0.25) is 5.91 Å². The number of aliphatic carboxylic acids is 1. The number of benzene rings is 2. The van der Waals surface area contributed by atoms with E-state index in [1.807, 2.05) is 48.5 Å². The van der Waals surface area contributed by atoms with Crippen LogP contribution in [-0.2, 0) is 9.59 Å². The van der Waals surface area contributed by atoms with E-state index in [9.17, 15) is 14.7 Å². The largest absolute Gasteiger partial charge is 0.497 e. The van der Waals surface area contributed by atoms with Crippen LogP contribution in [-0.4, -0.2) is 24.1 Å². The van der Waals surface area contributed by atoms with E-state index < -0.39 is 5.97 Å². The van der Waals surface area contributed by atoms with Crippen LogP contribution in [0.4, 0.5) is 0 Å². The van der Waals surface area contributed by atoms with Crippen LogP contribution in [0.3, 0.4) is 0 Å². The molecule has 2 aromatic rings. The molecule has 2 saturated carbocycles. The summed E-state index contributed by atoms with van der Waals surface area (Å²) in [4.78, 5) is 25.8. The van der Waals surface area contributed by atoms with E-state index in [4.69, 9.17) is 4.74 Å². The van der Waals surface area contributed by atoms with Gasteiger partial charge >= 0.3 is 5.97 Å². The zero-order valence-electron chi connectivity index (χ0n) is 23.9. The standard InChI is InChI=1S/C35H41NO4/c1-34-19-17-24(33(38)39)21-25(34)11-14-27-28-15-16-30(35(28,2)20-18-29(27)34)32(37)36-31(22-7-5-4-6-8-22)23-9-12-26(40-3)13-10-23/h4-13,21,27-31H,14-20H2,1-3H3,(H,36,37)(H,38,39)/t27-,28-,29-,30+,31?,34-,35-/m0/s1. The molecule has 2 N–H and O–H groups in total. The maximum Gasteiger partial charge on any atom is 0.331 e. The molecule has 0 aliphatic heterocycles. The molecule has 0 bridgehead atoms. The van der Waals surface area contributed by atoms with Crippen LogP contribution in [0.15, 0.2) is 77.9 Å². The number of nitrogens with one attached hydrogen (secondary N) is 1. The molecule has 210 valence electrons. The number of carbonyl (C=O) groups is 2. The Bertz CT molecular complexity index is 1350. The number of ether oxygens (including phenoxy) is 1. The van der Waals surface area contributed by atoms with Gasteiger partial charge in [-0.15, -0.1) is 0 Å². The SMILES string of the molecule is COc1ccc(C(NC(=O)[C@H]2CC[C@H]3[C@@H]4CC=C5C=C(C(=O)O)CC[C@]5(C)[C@H]4CC[C@]23C)c2ccccc2)cc1. The van der Waals surface area contributed by atoms with Crippen molar-refractivity contribution in [2.45, 2.75) is 64.8 Å². The average molecular weight is 540 g/mol. The lowest BCUT2D eigenvalue weighted by atomic mass is 9.48. The predicted molar refractivity (Wildman–Crippen MR) is 156 cm³/mol. The van der Waals surface area contributed by atoms with Gasteiger partial charge in [-0.05, 0) is 108 Å². The highest BCUT2D eigenvalue weighted by atomic mass is 16.5. The fraction of sp³-hybridized carbons (Fsp3) is 0.486. The van der Waals surface area contributed by atoms with Crippen LogP contribution in [0.25, 0.3) is 0 Å². The summed E-state index contributed by atoms with van der Waals surface area (Å²) in [6.07, 6.45) is 11.0. The zero-order chi connectivity index (χ0) is 28.1. The normalized spacial score (nSPS) is 33.4. The van der Waals surface area contributed by atoms with E-state index in [0.29, 0.717) is 29.7 Å². The minimum atomic E-state index is -0.783. The lowest BCUT2D eigenvalue weighted by Gasteiger charge is -2.57. The minimum Gasteiger partial charge on any atom is -0.497 e. The third kappa shape index (κ3) is 4.38. The van der Waals surface area contributed by atoms with Gasteiger partial charge in [0.25, 0.3) is 0 Å². The summed E-state index contributed by atoms with van der Waals surface area (Å²) in [7, 11) is 1.67. The summed E-state index contributed by atoms with van der Waals surface area (Å²) in [5.41, 5.74) is 3.92. The molecule has 1 unspecified atom stereocenters. The smallest absolute Gasteiger partial charge is 0.331 e. The van der Waals surface area contributed by atoms with Crippen molar-refractivity contribution in [2.75, 3.05) is 7.11 Å². The molecule has 5 nitrogen and oxygen atoms in total. The lowest BCUT2D eigenvalue weighted by Crippen LogP contribution is -2.51. The van der Waals surface area contributed by atoms with Crippen molar-refractivity contribution < 1.29 is 19.4 Å². The van der Waals surface area contributed by atoms with Crippen LogP contribution in [0.5, 0.6) is 5.75 Å². The van der Waals surface area contributed by atoms with Crippen molar-refractivity contribution in [1.29, 1.82) is 0 Å². The summed E-state index contributed by atoms with van der Waals surface area (Å²) < 4.78 is 5.37. The molecule has 0 saturated heterocycles. The average Bonchev–Trinajstić information content (AvgIpc) is 3.33. The van der Waals surface area contributed by atoms with Gasteiger partial charge in [-0.1, -0.05) is 62.4 Å². The van der Waals surface area contributed by atoms with Crippen molar-refractivity contribution in [2.24, 2.45) is 34.5 Å². The third-order valence-corrected chi connectivity index (χ3v) is 11.2. The van der Waals surface area contributed by atoms with E-state index in [1.165, 1.54) is 5.57 Å². The Morgan fingerprint density at radius 1 is 0.950 bits per heavy atom. The lowest BCUT2D eigenvalue weighted by molar-refractivity contribution is -0.133. The van der Waals surface area contributed by atoms with Crippen molar-refractivity contribution in [3.63, 3.8) is 0 Å². The molecule has 0 radical (unpaired) electrons. The van der Waals surface area contributed by atoms with Crippen molar-refractivity contribution in [1.82, 2.24) is 5.32 Å². The number of methoxy groups -OCH3 is 1. The van der Waals surface area contributed by atoms with Crippen molar-refractivity contribution in [3.8, 4) is 5.75 Å². The number of amides is 1. The quantitative estimate of drug-likeness (QED) is 0.411. The molecular formula is C35H41NO4. The monoisotopic (exact) mass is 539 g/mol. The highest BCUT2D eigenvalue weighted by molar-refractivity contribution is 5.87. The summed E-state index contributed by atoms with van der Waals surface area (Å²) in [5.74, 6) is 1.79. The molecule has 2 fully saturated rings. The maximum absolute atomic E-state index is 14.1. The first-order valence-corrected chi connectivity index (χ1v) is 14.9. The molecule has 1 amide bonds. The second kappa shape index (κ2) is 10.2. The Morgan fingerprint density at radius 3 is 2.38 bits per heavy atom. The van der Waals surface area contributed by atoms with Crippen LogP contribution in [0.1, 0.15) is 76.0 Å². The molecule has 0 spiro atoms. The van der Waals surface area contributed by atoms with Gasteiger partial charge in [0.1, 0.15) is 5.75 Å². The Hall–Kier alpha value is -3.34. The Balaban J connectivity index is 1.24. The van der Waals surface area contributed by atoms with Crippen LogP contribution in [0.2, 0.25) is 0 Å². The minimum absolute atomic E-state index is 0.00837. The predicted octanol–water partition coefficient (Wildman–Crippen LogP) is 7.10. The number of carboxylic acids is 1. The molecule has 6 rings (SSSR count). The number of allylic oxidation sites excluding steroid dienone is 3. The molecule has 2 aromatic carbocycles. The Morgan fingerprint density at radius 2 is 1.68 bits per heavy atom. The fourth-order valence-electron chi connectivity index (χ4n) is 8.97. The van der Waals surface area contributed by atoms with Crippen molar-refractivity contribution in [3.05, 3.63) is 89.0 Å². The number of rotatable bonds is 6. The topological polar surface area (TPSA) is 75.6 Å². The van der Waals surface area contributed by atoms with Gasteiger partial charge in [0.15, 0.2) is 0 Å². The number of carboxylic acid groups (broad SMARTS) is 1. The van der Waals surface area contributed by atoms with Gasteiger partial charge in [-0.25, -0.2) is 4.79 Å². The first-order valence-electron chi connectivity index (χ1n) is 14.9. The first-order chi connectivity index (χ1) is 19.2. The highest BCUT2D eigenvalue weighted by Gasteiger charge is 2.59. The number of fused-ring (bicyclic) bond motifs is 5. The van der Waals surface area contributed by atoms with Crippen LogP contribution < -0.4 is 10.1 Å². The van der Waals surface area contributed by atoms with Gasteiger partial charge in [0.05, 0.1) is 13.2 Å².